The molecule has 0 aromatic heterocycles. The SMILES string of the molecule is COc1cccc(CN(C(=O)COc2ccccc2C(C)C)C(C)C(=O)NC(C)C)c1. The molecule has 2 rings (SSSR count). The van der Waals surface area contributed by atoms with Gasteiger partial charge in [0.15, 0.2) is 6.61 Å². The molecule has 0 fully saturated rings. The number of carbonyl (C=O) groups is 2. The third-order valence-electron chi connectivity index (χ3n) is 4.98. The van der Waals surface area contributed by atoms with Gasteiger partial charge in [-0.25, -0.2) is 0 Å². The minimum absolute atomic E-state index is 0.0158. The third-order valence-corrected chi connectivity index (χ3v) is 4.98. The van der Waals surface area contributed by atoms with Gasteiger partial charge in [0.25, 0.3) is 5.91 Å². The second-order valence-electron chi connectivity index (χ2n) is 8.19. The Balaban J connectivity index is 2.22. The van der Waals surface area contributed by atoms with E-state index in [0.29, 0.717) is 11.5 Å². The lowest BCUT2D eigenvalue weighted by Crippen LogP contribution is -2.50. The molecule has 0 saturated heterocycles. The molecule has 2 amide bonds. The van der Waals surface area contributed by atoms with Gasteiger partial charge in [-0.3, -0.25) is 9.59 Å². The standard InChI is InChI=1S/C25H34N2O4/c1-17(2)22-12-7-8-13-23(22)31-16-24(28)27(19(5)25(29)26-18(3)4)15-20-10-9-11-21(14-20)30-6/h7-14,17-19H,15-16H2,1-6H3,(H,26,29). The average molecular weight is 427 g/mol. The molecule has 0 aliphatic rings. The first kappa shape index (κ1) is 24.3. The first-order chi connectivity index (χ1) is 14.7. The molecule has 6 nitrogen and oxygen atoms in total. The number of para-hydroxylation sites is 1. The Morgan fingerprint density at radius 1 is 1.00 bits per heavy atom. The second kappa shape index (κ2) is 11.4. The Morgan fingerprint density at radius 2 is 1.71 bits per heavy atom. The fraction of sp³-hybridized carbons (Fsp3) is 0.440. The summed E-state index contributed by atoms with van der Waals surface area (Å²) in [4.78, 5) is 27.4. The van der Waals surface area contributed by atoms with Crippen molar-refractivity contribution >= 4 is 11.8 Å². The molecule has 0 spiro atoms. The van der Waals surface area contributed by atoms with E-state index >= 15 is 0 Å². The quantitative estimate of drug-likeness (QED) is 0.620. The van der Waals surface area contributed by atoms with Gasteiger partial charge in [-0.2, -0.15) is 0 Å². The fourth-order valence-corrected chi connectivity index (χ4v) is 3.27. The number of carbonyl (C=O) groups excluding carboxylic acids is 2. The van der Waals surface area contributed by atoms with Crippen molar-refractivity contribution in [2.24, 2.45) is 0 Å². The first-order valence-electron chi connectivity index (χ1n) is 10.7. The third kappa shape index (κ3) is 7.02. The van der Waals surface area contributed by atoms with Crippen LogP contribution in [0.1, 0.15) is 51.7 Å². The number of rotatable bonds is 10. The van der Waals surface area contributed by atoms with E-state index in [-0.39, 0.29) is 36.9 Å². The van der Waals surface area contributed by atoms with Gasteiger partial charge in [0, 0.05) is 12.6 Å². The van der Waals surface area contributed by atoms with Crippen molar-refractivity contribution in [3.8, 4) is 11.5 Å². The number of nitrogens with zero attached hydrogens (tertiary/aromatic N) is 1. The Hall–Kier alpha value is -3.02. The van der Waals surface area contributed by atoms with Crippen molar-refractivity contribution in [2.75, 3.05) is 13.7 Å². The number of hydrogen-bond donors (Lipinski definition) is 1. The van der Waals surface area contributed by atoms with Gasteiger partial charge in [0.1, 0.15) is 17.5 Å². The average Bonchev–Trinajstić information content (AvgIpc) is 2.75. The second-order valence-corrected chi connectivity index (χ2v) is 8.19. The van der Waals surface area contributed by atoms with Crippen molar-refractivity contribution in [1.29, 1.82) is 0 Å². The van der Waals surface area contributed by atoms with Gasteiger partial charge in [0.2, 0.25) is 5.91 Å². The van der Waals surface area contributed by atoms with Gasteiger partial charge < -0.3 is 19.7 Å². The minimum atomic E-state index is -0.648. The van der Waals surface area contributed by atoms with Gasteiger partial charge in [-0.05, 0) is 56.0 Å². The maximum Gasteiger partial charge on any atom is 0.261 e. The molecule has 168 valence electrons. The lowest BCUT2D eigenvalue weighted by Gasteiger charge is -2.29. The highest BCUT2D eigenvalue weighted by molar-refractivity contribution is 5.88. The van der Waals surface area contributed by atoms with Crippen LogP contribution in [0.15, 0.2) is 48.5 Å². The lowest BCUT2D eigenvalue weighted by molar-refractivity contribution is -0.142. The number of benzene rings is 2. The highest BCUT2D eigenvalue weighted by atomic mass is 16.5. The zero-order chi connectivity index (χ0) is 23.0. The number of methoxy groups -OCH3 is 1. The molecule has 31 heavy (non-hydrogen) atoms. The summed E-state index contributed by atoms with van der Waals surface area (Å²) < 4.78 is 11.2. The Kier molecular flexibility index (Phi) is 8.91. The predicted molar refractivity (Wildman–Crippen MR) is 122 cm³/mol. The normalized spacial score (nSPS) is 11.9. The van der Waals surface area contributed by atoms with Crippen LogP contribution in [0.3, 0.4) is 0 Å². The molecule has 0 bridgehead atoms. The van der Waals surface area contributed by atoms with Crippen LogP contribution >= 0.6 is 0 Å². The lowest BCUT2D eigenvalue weighted by atomic mass is 10.0. The smallest absolute Gasteiger partial charge is 0.261 e. The Labute approximate surface area is 185 Å². The monoisotopic (exact) mass is 426 g/mol. The number of amides is 2. The number of ether oxygens (including phenoxy) is 2. The molecule has 0 heterocycles. The summed E-state index contributed by atoms with van der Waals surface area (Å²) in [5, 5.41) is 2.89. The molecule has 1 N–H and O–H groups in total. The van der Waals surface area contributed by atoms with Crippen LogP contribution in [0.2, 0.25) is 0 Å². The summed E-state index contributed by atoms with van der Waals surface area (Å²) in [5.41, 5.74) is 1.92. The molecule has 2 aromatic rings. The number of hydrogen-bond acceptors (Lipinski definition) is 4. The summed E-state index contributed by atoms with van der Waals surface area (Å²) in [6.07, 6.45) is 0. The van der Waals surface area contributed by atoms with Crippen LogP contribution in [0.5, 0.6) is 11.5 Å². The van der Waals surface area contributed by atoms with Crippen molar-refractivity contribution < 1.29 is 19.1 Å². The molecule has 1 unspecified atom stereocenters. The molecular weight excluding hydrogens is 392 g/mol. The molecule has 0 saturated carbocycles. The maximum absolute atomic E-state index is 13.2. The van der Waals surface area contributed by atoms with Gasteiger partial charge in [0.05, 0.1) is 7.11 Å². The van der Waals surface area contributed by atoms with Crippen LogP contribution < -0.4 is 14.8 Å². The summed E-state index contributed by atoms with van der Waals surface area (Å²) >= 11 is 0. The van der Waals surface area contributed by atoms with Crippen molar-refractivity contribution in [3.63, 3.8) is 0 Å². The van der Waals surface area contributed by atoms with Crippen molar-refractivity contribution in [2.45, 2.75) is 59.2 Å². The molecule has 6 heteroatoms. The van der Waals surface area contributed by atoms with E-state index in [0.717, 1.165) is 11.1 Å². The fourth-order valence-electron chi connectivity index (χ4n) is 3.27. The van der Waals surface area contributed by atoms with E-state index in [1.165, 1.54) is 0 Å². The number of nitrogens with one attached hydrogen (secondary N) is 1. The van der Waals surface area contributed by atoms with Crippen LogP contribution in [-0.4, -0.2) is 42.5 Å². The van der Waals surface area contributed by atoms with Crippen molar-refractivity contribution in [1.82, 2.24) is 10.2 Å². The zero-order valence-corrected chi connectivity index (χ0v) is 19.3. The van der Waals surface area contributed by atoms with E-state index < -0.39 is 6.04 Å². The highest BCUT2D eigenvalue weighted by Crippen LogP contribution is 2.26. The summed E-state index contributed by atoms with van der Waals surface area (Å²) in [5.74, 6) is 1.20. The van der Waals surface area contributed by atoms with E-state index in [1.54, 1.807) is 18.9 Å². The largest absolute Gasteiger partial charge is 0.497 e. The summed E-state index contributed by atoms with van der Waals surface area (Å²) in [6, 6.07) is 14.5. The topological polar surface area (TPSA) is 67.9 Å². The molecule has 2 aromatic carbocycles. The van der Waals surface area contributed by atoms with Gasteiger partial charge in [-0.15, -0.1) is 0 Å². The Morgan fingerprint density at radius 3 is 2.35 bits per heavy atom. The predicted octanol–water partition coefficient (Wildman–Crippen LogP) is 4.14. The van der Waals surface area contributed by atoms with Crippen molar-refractivity contribution in [3.05, 3.63) is 59.7 Å². The summed E-state index contributed by atoms with van der Waals surface area (Å²) in [6.45, 7) is 9.81. The Bertz CT molecular complexity index is 879. The maximum atomic E-state index is 13.2. The molecule has 0 radical (unpaired) electrons. The zero-order valence-electron chi connectivity index (χ0n) is 19.3. The van der Waals surface area contributed by atoms with Crippen LogP contribution in [0.25, 0.3) is 0 Å². The van der Waals surface area contributed by atoms with Gasteiger partial charge in [-0.1, -0.05) is 44.2 Å². The first-order valence-corrected chi connectivity index (χ1v) is 10.7. The molecule has 0 aliphatic carbocycles. The summed E-state index contributed by atoms with van der Waals surface area (Å²) in [7, 11) is 1.60. The minimum Gasteiger partial charge on any atom is -0.497 e. The molecular formula is C25H34N2O4. The van der Waals surface area contributed by atoms with Gasteiger partial charge >= 0.3 is 0 Å². The van der Waals surface area contributed by atoms with E-state index in [4.69, 9.17) is 9.47 Å². The van der Waals surface area contributed by atoms with Crippen LogP contribution in [0, 0.1) is 0 Å². The van der Waals surface area contributed by atoms with E-state index in [2.05, 4.69) is 19.2 Å². The van der Waals surface area contributed by atoms with Crippen LogP contribution in [0.4, 0.5) is 0 Å². The van der Waals surface area contributed by atoms with E-state index in [9.17, 15) is 9.59 Å². The highest BCUT2D eigenvalue weighted by Gasteiger charge is 2.27. The molecule has 1 atom stereocenters. The van der Waals surface area contributed by atoms with Crippen LogP contribution in [-0.2, 0) is 16.1 Å². The van der Waals surface area contributed by atoms with E-state index in [1.807, 2.05) is 62.4 Å². The molecule has 0 aliphatic heterocycles.